The third kappa shape index (κ3) is 3.55. The first kappa shape index (κ1) is 14.8. The highest BCUT2D eigenvalue weighted by molar-refractivity contribution is 9.10. The molecule has 0 saturated heterocycles. The third-order valence-electron chi connectivity index (χ3n) is 3.68. The predicted molar refractivity (Wildman–Crippen MR) is 93.5 cm³/mol. The topological polar surface area (TPSA) is 21.3 Å². The van der Waals surface area contributed by atoms with Gasteiger partial charge in [-0.25, -0.2) is 0 Å². The van der Waals surface area contributed by atoms with E-state index in [0.29, 0.717) is 6.04 Å². The molecule has 1 N–H and O–H groups in total. The van der Waals surface area contributed by atoms with Crippen molar-refractivity contribution in [1.29, 1.82) is 0 Å². The summed E-state index contributed by atoms with van der Waals surface area (Å²) >= 11 is 5.28. The quantitative estimate of drug-likeness (QED) is 0.727. The molecule has 0 saturated carbocycles. The molecule has 0 aliphatic carbocycles. The van der Waals surface area contributed by atoms with Gasteiger partial charge in [0.05, 0.1) is 12.6 Å². The molecule has 1 aliphatic heterocycles. The molecule has 0 amide bonds. The third-order valence-corrected chi connectivity index (χ3v) is 4.91. The lowest BCUT2D eigenvalue weighted by Gasteiger charge is -2.20. The molecule has 1 aliphatic rings. The van der Waals surface area contributed by atoms with Crippen LogP contribution in [0.1, 0.15) is 24.4 Å². The van der Waals surface area contributed by atoms with Crippen LogP contribution in [0.25, 0.3) is 0 Å². The zero-order valence-electron chi connectivity index (χ0n) is 11.9. The van der Waals surface area contributed by atoms with Gasteiger partial charge in [-0.2, -0.15) is 0 Å². The number of anilines is 1. The largest absolute Gasteiger partial charge is 0.493 e. The van der Waals surface area contributed by atoms with Crippen molar-refractivity contribution >= 4 is 33.4 Å². The molecule has 4 heteroatoms. The lowest BCUT2D eigenvalue weighted by Crippen LogP contribution is -2.10. The second-order valence-electron chi connectivity index (χ2n) is 5.10. The summed E-state index contributed by atoms with van der Waals surface area (Å²) in [6.07, 6.45) is 4.24. The van der Waals surface area contributed by atoms with Gasteiger partial charge in [0.2, 0.25) is 0 Å². The highest BCUT2D eigenvalue weighted by atomic mass is 79.9. The Morgan fingerprint density at radius 1 is 1.19 bits per heavy atom. The highest BCUT2D eigenvalue weighted by Crippen LogP contribution is 2.35. The van der Waals surface area contributed by atoms with E-state index in [0.717, 1.165) is 35.4 Å². The van der Waals surface area contributed by atoms with Gasteiger partial charge in [-0.15, -0.1) is 11.8 Å². The molecule has 2 aromatic rings. The van der Waals surface area contributed by atoms with E-state index in [9.17, 15) is 0 Å². The summed E-state index contributed by atoms with van der Waals surface area (Å²) in [5.41, 5.74) is 2.40. The first-order valence-corrected chi connectivity index (χ1v) is 9.11. The molecule has 1 unspecified atom stereocenters. The molecule has 0 bridgehead atoms. The minimum Gasteiger partial charge on any atom is -0.493 e. The van der Waals surface area contributed by atoms with Gasteiger partial charge < -0.3 is 10.1 Å². The van der Waals surface area contributed by atoms with E-state index in [1.807, 2.05) is 0 Å². The molecule has 110 valence electrons. The Kier molecular flexibility index (Phi) is 4.76. The maximum Gasteiger partial charge on any atom is 0.125 e. The van der Waals surface area contributed by atoms with Crippen LogP contribution in [0.5, 0.6) is 5.75 Å². The summed E-state index contributed by atoms with van der Waals surface area (Å²) in [5, 5.41) is 3.64. The van der Waals surface area contributed by atoms with Crippen LogP contribution in [0.3, 0.4) is 0 Å². The van der Waals surface area contributed by atoms with Crippen LogP contribution in [0.15, 0.2) is 51.8 Å². The number of benzene rings is 2. The van der Waals surface area contributed by atoms with E-state index in [1.54, 1.807) is 11.8 Å². The van der Waals surface area contributed by atoms with Crippen molar-refractivity contribution in [3.63, 3.8) is 0 Å². The molecule has 0 fully saturated rings. The highest BCUT2D eigenvalue weighted by Gasteiger charge is 2.19. The van der Waals surface area contributed by atoms with E-state index in [1.165, 1.54) is 10.5 Å². The number of thioether (sulfide) groups is 1. The van der Waals surface area contributed by atoms with Crippen molar-refractivity contribution < 1.29 is 4.74 Å². The van der Waals surface area contributed by atoms with Gasteiger partial charge in [-0.3, -0.25) is 0 Å². The lowest BCUT2D eigenvalue weighted by atomic mass is 10.0. The normalized spacial score (nSPS) is 17.5. The molecule has 2 nitrogen and oxygen atoms in total. The number of halogens is 1. The van der Waals surface area contributed by atoms with Gasteiger partial charge in [0.1, 0.15) is 5.75 Å². The van der Waals surface area contributed by atoms with Crippen molar-refractivity contribution in [2.45, 2.75) is 23.8 Å². The number of nitrogens with one attached hydrogen (secondary N) is 1. The van der Waals surface area contributed by atoms with Crippen LogP contribution in [-0.4, -0.2) is 12.9 Å². The van der Waals surface area contributed by atoms with Gasteiger partial charge in [0.25, 0.3) is 0 Å². The van der Waals surface area contributed by atoms with Crippen molar-refractivity contribution in [2.75, 3.05) is 18.2 Å². The SMILES string of the molecule is CSc1ccc(NC2CCCOc3cc(Br)ccc32)cc1. The van der Waals surface area contributed by atoms with Gasteiger partial charge in [-0.1, -0.05) is 22.0 Å². The van der Waals surface area contributed by atoms with Gasteiger partial charge in [-0.05, 0) is 55.5 Å². The van der Waals surface area contributed by atoms with Crippen LogP contribution in [0.4, 0.5) is 5.69 Å². The van der Waals surface area contributed by atoms with Crippen molar-refractivity contribution in [3.8, 4) is 5.75 Å². The van der Waals surface area contributed by atoms with Crippen LogP contribution in [-0.2, 0) is 0 Å². The lowest BCUT2D eigenvalue weighted by molar-refractivity contribution is 0.316. The maximum atomic E-state index is 5.86. The molecule has 3 rings (SSSR count). The summed E-state index contributed by atoms with van der Waals surface area (Å²) in [6.45, 7) is 0.785. The van der Waals surface area contributed by atoms with Crippen LogP contribution in [0, 0.1) is 0 Å². The Morgan fingerprint density at radius 3 is 2.76 bits per heavy atom. The second kappa shape index (κ2) is 6.75. The first-order valence-electron chi connectivity index (χ1n) is 7.09. The standard InChI is InChI=1S/C17H18BrNOS/c1-21-14-7-5-13(6-8-14)19-16-3-2-10-20-17-11-12(18)4-9-15(16)17/h4-9,11,16,19H,2-3,10H2,1H3. The minimum absolute atomic E-state index is 0.302. The van der Waals surface area contributed by atoms with Gasteiger partial charge in [0.15, 0.2) is 0 Å². The molecule has 0 spiro atoms. The maximum absolute atomic E-state index is 5.86. The molecule has 21 heavy (non-hydrogen) atoms. The van der Waals surface area contributed by atoms with Crippen molar-refractivity contribution in [3.05, 3.63) is 52.5 Å². The van der Waals surface area contributed by atoms with E-state index in [2.05, 4.69) is 70.0 Å². The van der Waals surface area contributed by atoms with E-state index < -0.39 is 0 Å². The van der Waals surface area contributed by atoms with Crippen molar-refractivity contribution in [2.24, 2.45) is 0 Å². The summed E-state index contributed by atoms with van der Waals surface area (Å²) in [4.78, 5) is 1.29. The average molecular weight is 364 g/mol. The number of hydrogen-bond acceptors (Lipinski definition) is 3. The molecule has 0 radical (unpaired) electrons. The Bertz CT molecular complexity index is 615. The van der Waals surface area contributed by atoms with Crippen LogP contribution < -0.4 is 10.1 Å². The fourth-order valence-electron chi connectivity index (χ4n) is 2.58. The smallest absolute Gasteiger partial charge is 0.125 e. The molecule has 1 atom stereocenters. The van der Waals surface area contributed by atoms with Gasteiger partial charge >= 0.3 is 0 Å². The average Bonchev–Trinajstić information content (AvgIpc) is 2.70. The predicted octanol–water partition coefficient (Wildman–Crippen LogP) is 5.50. The van der Waals surface area contributed by atoms with Crippen LogP contribution in [0.2, 0.25) is 0 Å². The molecular formula is C17H18BrNOS. The Morgan fingerprint density at radius 2 is 2.00 bits per heavy atom. The van der Waals surface area contributed by atoms with Gasteiger partial charge in [0, 0.05) is 20.6 Å². The Hall–Kier alpha value is -1.13. The summed E-state index contributed by atoms with van der Waals surface area (Å²) in [7, 11) is 0. The summed E-state index contributed by atoms with van der Waals surface area (Å²) in [5.74, 6) is 0.986. The minimum atomic E-state index is 0.302. The zero-order valence-corrected chi connectivity index (χ0v) is 14.3. The zero-order chi connectivity index (χ0) is 14.7. The molecular weight excluding hydrogens is 346 g/mol. The first-order chi connectivity index (χ1) is 10.3. The van der Waals surface area contributed by atoms with E-state index in [4.69, 9.17) is 4.74 Å². The van der Waals surface area contributed by atoms with E-state index >= 15 is 0 Å². The second-order valence-corrected chi connectivity index (χ2v) is 6.89. The number of fused-ring (bicyclic) bond motifs is 1. The monoisotopic (exact) mass is 363 g/mol. The number of hydrogen-bond donors (Lipinski definition) is 1. The molecule has 2 aromatic carbocycles. The fourth-order valence-corrected chi connectivity index (χ4v) is 3.33. The van der Waals surface area contributed by atoms with Crippen LogP contribution >= 0.6 is 27.7 Å². The Balaban J connectivity index is 1.84. The van der Waals surface area contributed by atoms with E-state index in [-0.39, 0.29) is 0 Å². The Labute approximate surface area is 138 Å². The summed E-state index contributed by atoms with van der Waals surface area (Å²) in [6, 6.07) is 15.2. The number of rotatable bonds is 3. The molecule has 1 heterocycles. The summed E-state index contributed by atoms with van der Waals surface area (Å²) < 4.78 is 6.92. The number of ether oxygens (including phenoxy) is 1. The molecule has 0 aromatic heterocycles. The fraction of sp³-hybridized carbons (Fsp3) is 0.294. The van der Waals surface area contributed by atoms with Crippen molar-refractivity contribution in [1.82, 2.24) is 0 Å².